The summed E-state index contributed by atoms with van der Waals surface area (Å²) in [7, 11) is 0. The first-order valence-corrected chi connectivity index (χ1v) is 6.78. The summed E-state index contributed by atoms with van der Waals surface area (Å²) in [5.41, 5.74) is 3.11. The van der Waals surface area contributed by atoms with Gasteiger partial charge in [-0.2, -0.15) is 0 Å². The Balaban J connectivity index is 1.82. The van der Waals surface area contributed by atoms with Crippen LogP contribution in [0.2, 0.25) is 0 Å². The summed E-state index contributed by atoms with van der Waals surface area (Å²) in [6.45, 7) is 2.75. The van der Waals surface area contributed by atoms with E-state index in [2.05, 4.69) is 0 Å². The first kappa shape index (κ1) is 14.5. The minimum Gasteiger partial charge on any atom is -0.386 e. The molecule has 0 fully saturated rings. The minimum absolute atomic E-state index is 0.310. The van der Waals surface area contributed by atoms with Crippen LogP contribution in [0.5, 0.6) is 0 Å². The highest BCUT2D eigenvalue weighted by Gasteiger charge is 2.06. The highest BCUT2D eigenvalue weighted by atomic mass is 16.5. The first-order valence-electron chi connectivity index (χ1n) is 6.78. The summed E-state index contributed by atoms with van der Waals surface area (Å²) in [6.07, 6.45) is 1.41. The van der Waals surface area contributed by atoms with Crippen molar-refractivity contribution in [3.05, 3.63) is 77.4 Å². The zero-order valence-electron chi connectivity index (χ0n) is 11.7. The number of hydrogen-bond donors (Lipinski definition) is 1. The van der Waals surface area contributed by atoms with E-state index in [9.17, 15) is 5.11 Å². The van der Waals surface area contributed by atoms with Gasteiger partial charge in [0.25, 0.3) is 0 Å². The maximum absolute atomic E-state index is 10.1. The van der Waals surface area contributed by atoms with Gasteiger partial charge >= 0.3 is 0 Å². The van der Waals surface area contributed by atoms with Gasteiger partial charge in [0.05, 0.1) is 19.3 Å². The largest absolute Gasteiger partial charge is 0.386 e. The molecule has 0 saturated carbocycles. The number of aliphatic hydroxyl groups is 1. The lowest BCUT2D eigenvalue weighted by molar-refractivity contribution is 0.0458. The molecule has 0 spiro atoms. The molecule has 1 atom stereocenters. The summed E-state index contributed by atoms with van der Waals surface area (Å²) < 4.78 is 5.55. The molecule has 0 amide bonds. The Hall–Kier alpha value is -1.90. The van der Waals surface area contributed by atoms with E-state index in [1.807, 2.05) is 73.7 Å². The van der Waals surface area contributed by atoms with Gasteiger partial charge in [-0.1, -0.05) is 66.7 Å². The Morgan fingerprint density at radius 2 is 1.65 bits per heavy atom. The van der Waals surface area contributed by atoms with E-state index in [0.717, 1.165) is 16.7 Å². The Labute approximate surface area is 120 Å². The van der Waals surface area contributed by atoms with E-state index in [1.54, 1.807) is 0 Å². The molecule has 0 saturated heterocycles. The summed E-state index contributed by atoms with van der Waals surface area (Å²) in [5.74, 6) is 0. The van der Waals surface area contributed by atoms with Crippen molar-refractivity contribution in [3.63, 3.8) is 0 Å². The monoisotopic (exact) mass is 268 g/mol. The van der Waals surface area contributed by atoms with Gasteiger partial charge < -0.3 is 9.84 Å². The summed E-state index contributed by atoms with van der Waals surface area (Å²) in [6, 6.07) is 19.9. The molecule has 2 rings (SSSR count). The molecule has 2 aromatic carbocycles. The number of aliphatic hydroxyl groups excluding tert-OH is 1. The molecule has 0 radical (unpaired) electrons. The fourth-order valence-corrected chi connectivity index (χ4v) is 1.90. The standard InChI is InChI=1S/C18H20O2/c1-15(12-16-8-4-2-5-9-16)18(19)14-20-13-17-10-6-3-7-11-17/h2-12,18-19H,13-14H2,1H3/b15-12-. The minimum atomic E-state index is -0.570. The normalized spacial score (nSPS) is 13.2. The highest BCUT2D eigenvalue weighted by Crippen LogP contribution is 2.10. The number of ether oxygens (including phenoxy) is 1. The van der Waals surface area contributed by atoms with Crippen molar-refractivity contribution in [1.82, 2.24) is 0 Å². The van der Waals surface area contributed by atoms with Crippen LogP contribution in [-0.2, 0) is 11.3 Å². The van der Waals surface area contributed by atoms with E-state index in [-0.39, 0.29) is 0 Å². The van der Waals surface area contributed by atoms with Crippen molar-refractivity contribution < 1.29 is 9.84 Å². The molecule has 0 heterocycles. The van der Waals surface area contributed by atoms with Gasteiger partial charge in [0.1, 0.15) is 0 Å². The van der Waals surface area contributed by atoms with Gasteiger partial charge in [0.15, 0.2) is 0 Å². The summed E-state index contributed by atoms with van der Waals surface area (Å²) in [5, 5.41) is 10.1. The third kappa shape index (κ3) is 4.65. The molecule has 104 valence electrons. The average molecular weight is 268 g/mol. The van der Waals surface area contributed by atoms with Crippen molar-refractivity contribution in [2.45, 2.75) is 19.6 Å². The van der Waals surface area contributed by atoms with Crippen molar-refractivity contribution >= 4 is 6.08 Å². The summed E-state index contributed by atoms with van der Waals surface area (Å²) in [4.78, 5) is 0. The summed E-state index contributed by atoms with van der Waals surface area (Å²) >= 11 is 0. The van der Waals surface area contributed by atoms with Crippen LogP contribution >= 0.6 is 0 Å². The number of rotatable bonds is 6. The molecule has 0 bridgehead atoms. The Morgan fingerprint density at radius 1 is 1.05 bits per heavy atom. The van der Waals surface area contributed by atoms with E-state index in [4.69, 9.17) is 4.74 Å². The number of benzene rings is 2. The van der Waals surface area contributed by atoms with E-state index >= 15 is 0 Å². The van der Waals surface area contributed by atoms with Crippen molar-refractivity contribution in [2.75, 3.05) is 6.61 Å². The first-order chi connectivity index (χ1) is 9.75. The fourth-order valence-electron chi connectivity index (χ4n) is 1.90. The third-order valence-corrected chi connectivity index (χ3v) is 3.11. The van der Waals surface area contributed by atoms with Crippen LogP contribution in [0.1, 0.15) is 18.1 Å². The molecule has 20 heavy (non-hydrogen) atoms. The SMILES string of the molecule is C/C(=C/c1ccccc1)C(O)COCc1ccccc1. The van der Waals surface area contributed by atoms with Gasteiger partial charge in [-0.15, -0.1) is 0 Å². The van der Waals surface area contributed by atoms with Crippen LogP contribution < -0.4 is 0 Å². The highest BCUT2D eigenvalue weighted by molar-refractivity contribution is 5.52. The Bertz CT molecular complexity index is 532. The lowest BCUT2D eigenvalue weighted by Gasteiger charge is -2.12. The van der Waals surface area contributed by atoms with E-state index in [1.165, 1.54) is 0 Å². The fraction of sp³-hybridized carbons (Fsp3) is 0.222. The lowest BCUT2D eigenvalue weighted by Crippen LogP contribution is -2.16. The lowest BCUT2D eigenvalue weighted by atomic mass is 10.1. The maximum atomic E-state index is 10.1. The molecule has 1 unspecified atom stereocenters. The molecule has 2 nitrogen and oxygen atoms in total. The second kappa shape index (κ2) is 7.63. The molecule has 2 aromatic rings. The molecule has 0 aliphatic rings. The quantitative estimate of drug-likeness (QED) is 0.866. The Kier molecular flexibility index (Phi) is 5.54. The molecule has 0 aliphatic heterocycles. The van der Waals surface area contributed by atoms with Crippen LogP contribution in [0.4, 0.5) is 0 Å². The van der Waals surface area contributed by atoms with Crippen molar-refractivity contribution in [3.8, 4) is 0 Å². The second-order valence-corrected chi connectivity index (χ2v) is 4.82. The number of hydrogen-bond acceptors (Lipinski definition) is 2. The molecule has 1 N–H and O–H groups in total. The molecular formula is C18H20O2. The zero-order valence-corrected chi connectivity index (χ0v) is 11.7. The van der Waals surface area contributed by atoms with Gasteiger partial charge in [0.2, 0.25) is 0 Å². The van der Waals surface area contributed by atoms with Crippen molar-refractivity contribution in [2.24, 2.45) is 0 Å². The van der Waals surface area contributed by atoms with Crippen LogP contribution in [0.25, 0.3) is 6.08 Å². The molecular weight excluding hydrogens is 248 g/mol. The topological polar surface area (TPSA) is 29.5 Å². The Morgan fingerprint density at radius 3 is 2.30 bits per heavy atom. The molecule has 0 aliphatic carbocycles. The van der Waals surface area contributed by atoms with Crippen molar-refractivity contribution in [1.29, 1.82) is 0 Å². The van der Waals surface area contributed by atoms with Gasteiger partial charge in [-0.05, 0) is 23.6 Å². The van der Waals surface area contributed by atoms with Crippen LogP contribution in [-0.4, -0.2) is 17.8 Å². The van der Waals surface area contributed by atoms with Gasteiger partial charge in [-0.3, -0.25) is 0 Å². The van der Waals surface area contributed by atoms with Crippen LogP contribution in [0.3, 0.4) is 0 Å². The van der Waals surface area contributed by atoms with E-state index in [0.29, 0.717) is 13.2 Å². The third-order valence-electron chi connectivity index (χ3n) is 3.11. The molecule has 0 aromatic heterocycles. The predicted octanol–water partition coefficient (Wildman–Crippen LogP) is 3.67. The van der Waals surface area contributed by atoms with E-state index < -0.39 is 6.10 Å². The average Bonchev–Trinajstić information content (AvgIpc) is 2.49. The van der Waals surface area contributed by atoms with Gasteiger partial charge in [-0.25, -0.2) is 0 Å². The van der Waals surface area contributed by atoms with Gasteiger partial charge in [0, 0.05) is 0 Å². The predicted molar refractivity (Wildman–Crippen MR) is 82.2 cm³/mol. The molecule has 2 heteroatoms. The zero-order chi connectivity index (χ0) is 14.2. The van der Waals surface area contributed by atoms with Crippen LogP contribution in [0.15, 0.2) is 66.2 Å². The van der Waals surface area contributed by atoms with Crippen LogP contribution in [0, 0.1) is 0 Å². The maximum Gasteiger partial charge on any atom is 0.0984 e. The second-order valence-electron chi connectivity index (χ2n) is 4.82. The smallest absolute Gasteiger partial charge is 0.0984 e.